The van der Waals surface area contributed by atoms with Gasteiger partial charge in [0.1, 0.15) is 4.83 Å². The molecule has 6 aromatic carbocycles. The van der Waals surface area contributed by atoms with E-state index in [0.29, 0.717) is 0 Å². The summed E-state index contributed by atoms with van der Waals surface area (Å²) in [5, 5.41) is 6.54. The zero-order valence-electron chi connectivity index (χ0n) is 22.2. The van der Waals surface area contributed by atoms with Gasteiger partial charge in [0.25, 0.3) is 0 Å². The van der Waals surface area contributed by atoms with Gasteiger partial charge in [0, 0.05) is 43.0 Å². The van der Waals surface area contributed by atoms with Crippen molar-refractivity contribution in [2.45, 2.75) is 0 Å². The first-order chi connectivity index (χ1) is 20.4. The Kier molecular flexibility index (Phi) is 4.80. The summed E-state index contributed by atoms with van der Waals surface area (Å²) in [7, 11) is 0. The van der Waals surface area contributed by atoms with Crippen LogP contribution in [0, 0.1) is 0 Å². The van der Waals surface area contributed by atoms with Crippen LogP contribution in [0.4, 0.5) is 0 Å². The number of benzene rings is 6. The highest BCUT2D eigenvalue weighted by molar-refractivity contribution is 7.25. The SMILES string of the molecule is c1ccc(-n2c3cccc(-c4ccc(-n5c6ccccc6c6ccccc65)cc4)c3c3c4ccccc4sc32)cc1. The predicted molar refractivity (Wildman–Crippen MR) is 176 cm³/mol. The zero-order chi connectivity index (χ0) is 26.9. The summed E-state index contributed by atoms with van der Waals surface area (Å²) in [6, 6.07) is 52.8. The molecule has 0 bridgehead atoms. The van der Waals surface area contributed by atoms with Crippen molar-refractivity contribution in [1.29, 1.82) is 0 Å². The molecule has 0 fully saturated rings. The van der Waals surface area contributed by atoms with E-state index in [0.717, 1.165) is 0 Å². The van der Waals surface area contributed by atoms with Gasteiger partial charge in [0.2, 0.25) is 0 Å². The lowest BCUT2D eigenvalue weighted by atomic mass is 9.99. The Bertz CT molecular complexity index is 2350. The summed E-state index contributed by atoms with van der Waals surface area (Å²) in [4.78, 5) is 1.29. The van der Waals surface area contributed by atoms with Gasteiger partial charge < -0.3 is 9.13 Å². The number of thiophene rings is 1. The van der Waals surface area contributed by atoms with Crippen molar-refractivity contribution in [2.75, 3.05) is 0 Å². The van der Waals surface area contributed by atoms with E-state index in [2.05, 4.69) is 155 Å². The Morgan fingerprint density at radius 3 is 1.71 bits per heavy atom. The maximum Gasteiger partial charge on any atom is 0.109 e. The molecule has 0 N–H and O–H groups in total. The molecule has 3 heteroatoms. The molecule has 0 unspecified atom stereocenters. The average Bonchev–Trinajstić information content (AvgIpc) is 3.68. The lowest BCUT2D eigenvalue weighted by Gasteiger charge is -2.11. The van der Waals surface area contributed by atoms with Crippen LogP contribution in [0.1, 0.15) is 0 Å². The Morgan fingerprint density at radius 1 is 0.390 bits per heavy atom. The molecule has 0 amide bonds. The molecule has 2 nitrogen and oxygen atoms in total. The fourth-order valence-electron chi connectivity index (χ4n) is 6.59. The molecule has 0 saturated heterocycles. The largest absolute Gasteiger partial charge is 0.309 e. The van der Waals surface area contributed by atoms with Crippen LogP contribution >= 0.6 is 11.3 Å². The molecule has 0 aliphatic carbocycles. The Balaban J connectivity index is 1.30. The van der Waals surface area contributed by atoms with Gasteiger partial charge in [-0.05, 0) is 59.7 Å². The lowest BCUT2D eigenvalue weighted by Crippen LogP contribution is -1.94. The van der Waals surface area contributed by atoms with E-state index in [9.17, 15) is 0 Å². The Hall–Kier alpha value is -5.12. The number of fused-ring (bicyclic) bond motifs is 8. The van der Waals surface area contributed by atoms with Crippen LogP contribution in [0.3, 0.4) is 0 Å². The minimum atomic E-state index is 1.17. The first-order valence-electron chi connectivity index (χ1n) is 14.0. The maximum absolute atomic E-state index is 2.44. The Labute approximate surface area is 240 Å². The van der Waals surface area contributed by atoms with Gasteiger partial charge in [-0.3, -0.25) is 0 Å². The van der Waals surface area contributed by atoms with Crippen LogP contribution in [0.25, 0.3) is 75.5 Å². The third-order valence-corrected chi connectivity index (χ3v) is 9.50. The van der Waals surface area contributed by atoms with Crippen molar-refractivity contribution in [3.05, 3.63) is 146 Å². The number of hydrogen-bond acceptors (Lipinski definition) is 1. The number of para-hydroxylation sites is 3. The normalized spacial score (nSPS) is 11.9. The van der Waals surface area contributed by atoms with Crippen LogP contribution in [0.2, 0.25) is 0 Å². The summed E-state index contributed by atoms with van der Waals surface area (Å²) >= 11 is 1.88. The van der Waals surface area contributed by atoms with Crippen LogP contribution in [0.15, 0.2) is 146 Å². The molecule has 0 saturated carbocycles. The van der Waals surface area contributed by atoms with Gasteiger partial charge in [0.05, 0.1) is 16.6 Å². The maximum atomic E-state index is 2.44. The molecule has 41 heavy (non-hydrogen) atoms. The highest BCUT2D eigenvalue weighted by atomic mass is 32.1. The van der Waals surface area contributed by atoms with Gasteiger partial charge >= 0.3 is 0 Å². The van der Waals surface area contributed by atoms with Crippen molar-refractivity contribution in [1.82, 2.24) is 9.13 Å². The average molecular weight is 541 g/mol. The van der Waals surface area contributed by atoms with E-state index in [1.807, 2.05) is 11.3 Å². The van der Waals surface area contributed by atoms with Crippen LogP contribution in [0.5, 0.6) is 0 Å². The number of nitrogens with zero attached hydrogens (tertiary/aromatic N) is 2. The zero-order valence-corrected chi connectivity index (χ0v) is 23.0. The molecule has 192 valence electrons. The molecule has 9 aromatic rings. The Morgan fingerprint density at radius 2 is 0.976 bits per heavy atom. The molecule has 9 rings (SSSR count). The summed E-state index contributed by atoms with van der Waals surface area (Å²) in [5.41, 5.74) is 8.56. The van der Waals surface area contributed by atoms with E-state index >= 15 is 0 Å². The molecule has 0 aliphatic rings. The summed E-state index contributed by atoms with van der Waals surface area (Å²) in [6.07, 6.45) is 0. The van der Waals surface area contributed by atoms with Crippen molar-refractivity contribution >= 4 is 64.3 Å². The standard InChI is InChI=1S/C38H24N2S/c1-2-11-26(12-3-1)40-34-19-10-16-28(36(34)37-31-15-6-9-20-35(31)41-38(37)40)25-21-23-27(24-22-25)39-32-17-7-4-13-29(32)30-14-5-8-18-33(30)39/h1-24H. The molecule has 0 aliphatic heterocycles. The van der Waals surface area contributed by atoms with Crippen molar-refractivity contribution in [3.8, 4) is 22.5 Å². The van der Waals surface area contributed by atoms with Gasteiger partial charge in [-0.1, -0.05) is 97.1 Å². The molecular formula is C38H24N2S. The highest BCUT2D eigenvalue weighted by Gasteiger charge is 2.20. The summed E-state index contributed by atoms with van der Waals surface area (Å²) < 4.78 is 6.14. The van der Waals surface area contributed by atoms with Crippen molar-refractivity contribution in [3.63, 3.8) is 0 Å². The molecule has 0 atom stereocenters. The summed E-state index contributed by atoms with van der Waals surface area (Å²) in [5.74, 6) is 0. The fraction of sp³-hybridized carbons (Fsp3) is 0. The fourth-order valence-corrected chi connectivity index (χ4v) is 7.84. The van der Waals surface area contributed by atoms with E-state index in [1.165, 1.54) is 75.5 Å². The summed E-state index contributed by atoms with van der Waals surface area (Å²) in [6.45, 7) is 0. The van der Waals surface area contributed by atoms with Crippen LogP contribution in [-0.4, -0.2) is 9.13 Å². The van der Waals surface area contributed by atoms with E-state index in [4.69, 9.17) is 0 Å². The first kappa shape index (κ1) is 22.7. The highest BCUT2D eigenvalue weighted by Crippen LogP contribution is 2.45. The van der Waals surface area contributed by atoms with Gasteiger partial charge in [-0.2, -0.15) is 0 Å². The van der Waals surface area contributed by atoms with Crippen LogP contribution < -0.4 is 0 Å². The number of aromatic nitrogens is 2. The minimum absolute atomic E-state index is 1.17. The number of rotatable bonds is 3. The van der Waals surface area contributed by atoms with E-state index in [1.54, 1.807) is 0 Å². The molecule has 3 aromatic heterocycles. The quantitative estimate of drug-likeness (QED) is 0.211. The van der Waals surface area contributed by atoms with Crippen LogP contribution in [-0.2, 0) is 0 Å². The lowest BCUT2D eigenvalue weighted by molar-refractivity contribution is 1.18. The van der Waals surface area contributed by atoms with Crippen molar-refractivity contribution < 1.29 is 0 Å². The second-order valence-electron chi connectivity index (χ2n) is 10.6. The van der Waals surface area contributed by atoms with E-state index in [-0.39, 0.29) is 0 Å². The first-order valence-corrected chi connectivity index (χ1v) is 14.8. The predicted octanol–water partition coefficient (Wildman–Crippen LogP) is 10.8. The van der Waals surface area contributed by atoms with E-state index < -0.39 is 0 Å². The van der Waals surface area contributed by atoms with Gasteiger partial charge in [0.15, 0.2) is 0 Å². The molecule has 0 radical (unpaired) electrons. The molecule has 0 spiro atoms. The number of hydrogen-bond donors (Lipinski definition) is 0. The van der Waals surface area contributed by atoms with Crippen molar-refractivity contribution in [2.24, 2.45) is 0 Å². The topological polar surface area (TPSA) is 9.86 Å². The monoisotopic (exact) mass is 540 g/mol. The molecular weight excluding hydrogens is 516 g/mol. The van der Waals surface area contributed by atoms with Gasteiger partial charge in [-0.15, -0.1) is 11.3 Å². The second kappa shape index (κ2) is 8.69. The molecule has 3 heterocycles. The van der Waals surface area contributed by atoms with Gasteiger partial charge in [-0.25, -0.2) is 0 Å². The minimum Gasteiger partial charge on any atom is -0.309 e. The third-order valence-electron chi connectivity index (χ3n) is 8.34. The smallest absolute Gasteiger partial charge is 0.109 e. The third kappa shape index (κ3) is 3.24. The second-order valence-corrected chi connectivity index (χ2v) is 11.6.